The van der Waals surface area contributed by atoms with E-state index in [1.165, 1.54) is 0 Å². The lowest BCUT2D eigenvalue weighted by atomic mass is 9.60. The Kier molecular flexibility index (Phi) is 3.80. The minimum Gasteiger partial charge on any atom is -0.325 e. The molecule has 0 saturated heterocycles. The van der Waals surface area contributed by atoms with E-state index in [1.807, 2.05) is 0 Å². The largest absolute Gasteiger partial charge is 0.325 e. The van der Waals surface area contributed by atoms with Crippen LogP contribution in [0.15, 0.2) is 0 Å². The summed E-state index contributed by atoms with van der Waals surface area (Å²) in [5.74, 6) is 1.57. The SMILES string of the molecule is CC(C)C1C[C@H](F)CC(C(C)C)[C@]1(C)N. The van der Waals surface area contributed by atoms with Crippen molar-refractivity contribution in [2.24, 2.45) is 29.4 Å². The summed E-state index contributed by atoms with van der Waals surface area (Å²) in [5.41, 5.74) is 6.26. The summed E-state index contributed by atoms with van der Waals surface area (Å²) in [4.78, 5) is 0. The van der Waals surface area contributed by atoms with E-state index in [-0.39, 0.29) is 5.54 Å². The Morgan fingerprint density at radius 2 is 1.40 bits per heavy atom. The summed E-state index contributed by atoms with van der Waals surface area (Å²) in [7, 11) is 0. The summed E-state index contributed by atoms with van der Waals surface area (Å²) >= 11 is 0. The van der Waals surface area contributed by atoms with Crippen molar-refractivity contribution < 1.29 is 4.39 Å². The van der Waals surface area contributed by atoms with E-state index < -0.39 is 6.17 Å². The Morgan fingerprint density at radius 1 is 1.07 bits per heavy atom. The smallest absolute Gasteiger partial charge is 0.101 e. The number of hydrogen-bond acceptors (Lipinski definition) is 1. The molecule has 1 fully saturated rings. The van der Waals surface area contributed by atoms with E-state index in [0.29, 0.717) is 36.5 Å². The van der Waals surface area contributed by atoms with Crippen molar-refractivity contribution in [3.63, 3.8) is 0 Å². The molecule has 0 aromatic carbocycles. The zero-order valence-electron chi connectivity index (χ0n) is 10.8. The molecular weight excluding hydrogens is 189 g/mol. The minimum atomic E-state index is -0.651. The van der Waals surface area contributed by atoms with Gasteiger partial charge in [-0.1, -0.05) is 27.7 Å². The molecule has 1 rings (SSSR count). The highest BCUT2D eigenvalue weighted by Gasteiger charge is 2.46. The molecule has 2 heteroatoms. The predicted molar refractivity (Wildman–Crippen MR) is 63.4 cm³/mol. The molecule has 2 atom stereocenters. The van der Waals surface area contributed by atoms with Crippen LogP contribution < -0.4 is 5.73 Å². The maximum Gasteiger partial charge on any atom is 0.101 e. The van der Waals surface area contributed by atoms with Crippen LogP contribution in [-0.4, -0.2) is 11.7 Å². The average Bonchev–Trinajstić information content (AvgIpc) is 2.07. The van der Waals surface area contributed by atoms with Crippen molar-refractivity contribution in [2.75, 3.05) is 0 Å². The summed E-state index contributed by atoms with van der Waals surface area (Å²) in [6.07, 6.45) is 0.642. The summed E-state index contributed by atoms with van der Waals surface area (Å²) in [5, 5.41) is 0. The molecule has 0 amide bonds. The third-order valence-corrected chi connectivity index (χ3v) is 4.23. The molecule has 1 saturated carbocycles. The van der Waals surface area contributed by atoms with Crippen molar-refractivity contribution in [3.05, 3.63) is 0 Å². The molecule has 0 aliphatic heterocycles. The molecule has 1 aliphatic rings. The van der Waals surface area contributed by atoms with E-state index in [0.717, 1.165) is 0 Å². The van der Waals surface area contributed by atoms with Gasteiger partial charge in [-0.3, -0.25) is 0 Å². The molecular formula is C13H26FN. The van der Waals surface area contributed by atoms with Gasteiger partial charge in [-0.15, -0.1) is 0 Å². The van der Waals surface area contributed by atoms with E-state index in [9.17, 15) is 4.39 Å². The van der Waals surface area contributed by atoms with Crippen molar-refractivity contribution in [3.8, 4) is 0 Å². The molecule has 0 heterocycles. The number of nitrogens with two attached hydrogens (primary N) is 1. The van der Waals surface area contributed by atoms with Crippen molar-refractivity contribution >= 4 is 0 Å². The van der Waals surface area contributed by atoms with Crippen LogP contribution in [0.3, 0.4) is 0 Å². The molecule has 2 unspecified atom stereocenters. The van der Waals surface area contributed by atoms with Gasteiger partial charge in [0, 0.05) is 5.54 Å². The number of hydrogen-bond donors (Lipinski definition) is 1. The molecule has 0 aromatic rings. The van der Waals surface area contributed by atoms with Gasteiger partial charge in [-0.05, 0) is 43.4 Å². The Labute approximate surface area is 93.6 Å². The van der Waals surface area contributed by atoms with E-state index in [1.54, 1.807) is 0 Å². The lowest BCUT2D eigenvalue weighted by molar-refractivity contribution is 0.0171. The first-order valence-corrected chi connectivity index (χ1v) is 6.19. The fraction of sp³-hybridized carbons (Fsp3) is 1.00. The highest BCUT2D eigenvalue weighted by Crippen LogP contribution is 2.44. The molecule has 1 aliphatic carbocycles. The van der Waals surface area contributed by atoms with Crippen LogP contribution in [0.1, 0.15) is 47.5 Å². The maximum atomic E-state index is 13.7. The fourth-order valence-electron chi connectivity index (χ4n) is 3.41. The second-order valence-corrected chi connectivity index (χ2v) is 6.14. The van der Waals surface area contributed by atoms with Gasteiger partial charge in [-0.2, -0.15) is 0 Å². The average molecular weight is 215 g/mol. The Bertz CT molecular complexity index is 191. The van der Waals surface area contributed by atoms with Gasteiger partial charge in [0.1, 0.15) is 6.17 Å². The van der Waals surface area contributed by atoms with Gasteiger partial charge in [0.05, 0.1) is 0 Å². The predicted octanol–water partition coefficient (Wildman–Crippen LogP) is 3.38. The van der Waals surface area contributed by atoms with Crippen LogP contribution >= 0.6 is 0 Å². The van der Waals surface area contributed by atoms with Crippen molar-refractivity contribution in [1.82, 2.24) is 0 Å². The van der Waals surface area contributed by atoms with Crippen molar-refractivity contribution in [2.45, 2.75) is 59.2 Å². The highest BCUT2D eigenvalue weighted by molar-refractivity contribution is 5.01. The molecule has 15 heavy (non-hydrogen) atoms. The van der Waals surface area contributed by atoms with Gasteiger partial charge < -0.3 is 5.73 Å². The summed E-state index contributed by atoms with van der Waals surface area (Å²) < 4.78 is 13.7. The van der Waals surface area contributed by atoms with Gasteiger partial charge in [0.15, 0.2) is 0 Å². The lowest BCUT2D eigenvalue weighted by Crippen LogP contribution is -2.58. The van der Waals surface area contributed by atoms with Crippen LogP contribution in [0.2, 0.25) is 0 Å². The van der Waals surface area contributed by atoms with Crippen LogP contribution in [0, 0.1) is 23.7 Å². The molecule has 0 bridgehead atoms. The second-order valence-electron chi connectivity index (χ2n) is 6.14. The minimum absolute atomic E-state index is 0.203. The highest BCUT2D eigenvalue weighted by atomic mass is 19.1. The van der Waals surface area contributed by atoms with Gasteiger partial charge in [0.25, 0.3) is 0 Å². The zero-order valence-corrected chi connectivity index (χ0v) is 10.8. The normalized spacial score (nSPS) is 42.6. The van der Waals surface area contributed by atoms with Gasteiger partial charge >= 0.3 is 0 Å². The summed E-state index contributed by atoms with van der Waals surface area (Å²) in [6.45, 7) is 10.8. The Balaban J connectivity index is 2.90. The first kappa shape index (κ1) is 13.0. The molecule has 0 aromatic heterocycles. The third kappa shape index (κ3) is 2.52. The van der Waals surface area contributed by atoms with Crippen LogP contribution in [0.4, 0.5) is 4.39 Å². The van der Waals surface area contributed by atoms with Crippen LogP contribution in [0.25, 0.3) is 0 Å². The second kappa shape index (κ2) is 4.40. The maximum absolute atomic E-state index is 13.7. The zero-order chi connectivity index (χ0) is 11.8. The monoisotopic (exact) mass is 215 g/mol. The van der Waals surface area contributed by atoms with E-state index in [2.05, 4.69) is 34.6 Å². The van der Waals surface area contributed by atoms with Crippen LogP contribution in [-0.2, 0) is 0 Å². The number of halogens is 1. The van der Waals surface area contributed by atoms with E-state index in [4.69, 9.17) is 5.73 Å². The lowest BCUT2D eigenvalue weighted by Gasteiger charge is -2.49. The topological polar surface area (TPSA) is 26.0 Å². The molecule has 90 valence electrons. The molecule has 0 spiro atoms. The first-order chi connectivity index (χ1) is 6.76. The molecule has 1 nitrogen and oxygen atoms in total. The molecule has 2 N–H and O–H groups in total. The Morgan fingerprint density at radius 3 is 1.67 bits per heavy atom. The van der Waals surface area contributed by atoms with Gasteiger partial charge in [0.2, 0.25) is 0 Å². The number of rotatable bonds is 2. The standard InChI is InChI=1S/C13H26FN/c1-8(2)11-6-10(14)7-12(9(3)4)13(11,5)15/h8-12H,6-7,15H2,1-5H3/t10-,11?,12?,13+. The quantitative estimate of drug-likeness (QED) is 0.751. The van der Waals surface area contributed by atoms with Gasteiger partial charge in [-0.25, -0.2) is 4.39 Å². The summed E-state index contributed by atoms with van der Waals surface area (Å²) in [6, 6.07) is 0. The Hall–Kier alpha value is -0.110. The third-order valence-electron chi connectivity index (χ3n) is 4.23. The first-order valence-electron chi connectivity index (χ1n) is 6.19. The molecule has 0 radical (unpaired) electrons. The van der Waals surface area contributed by atoms with Crippen LogP contribution in [0.5, 0.6) is 0 Å². The van der Waals surface area contributed by atoms with E-state index >= 15 is 0 Å². The van der Waals surface area contributed by atoms with Crippen molar-refractivity contribution in [1.29, 1.82) is 0 Å². The fourth-order valence-corrected chi connectivity index (χ4v) is 3.41. The number of alkyl halides is 1.